The molecule has 0 bridgehead atoms. The van der Waals surface area contributed by atoms with E-state index in [1.807, 2.05) is 17.5 Å². The third-order valence-electron chi connectivity index (χ3n) is 3.87. The normalized spacial score (nSPS) is 10.3. The first-order valence-electron chi connectivity index (χ1n) is 8.69. The zero-order valence-electron chi connectivity index (χ0n) is 15.3. The minimum atomic E-state index is -0.214. The largest absolute Gasteiger partial charge is 0.497 e. The van der Waals surface area contributed by atoms with Crippen LogP contribution < -0.4 is 15.4 Å². The van der Waals surface area contributed by atoms with Gasteiger partial charge in [-0.1, -0.05) is 6.07 Å². The van der Waals surface area contributed by atoms with Crippen LogP contribution in [0.15, 0.2) is 54.2 Å². The van der Waals surface area contributed by atoms with Crippen LogP contribution in [-0.2, 0) is 11.2 Å². The molecule has 28 heavy (non-hydrogen) atoms. The van der Waals surface area contributed by atoms with Gasteiger partial charge in [0.15, 0.2) is 0 Å². The van der Waals surface area contributed by atoms with Crippen molar-refractivity contribution >= 4 is 23.2 Å². The summed E-state index contributed by atoms with van der Waals surface area (Å²) in [6.45, 7) is 0.675. The van der Waals surface area contributed by atoms with Crippen LogP contribution in [0.3, 0.4) is 0 Å². The number of amides is 2. The van der Waals surface area contributed by atoms with Crippen molar-refractivity contribution in [3.63, 3.8) is 0 Å². The Bertz CT molecular complexity index is 943. The van der Waals surface area contributed by atoms with Gasteiger partial charge in [-0.2, -0.15) is 0 Å². The first kappa shape index (κ1) is 19.5. The second-order valence-corrected chi connectivity index (χ2v) is 6.76. The summed E-state index contributed by atoms with van der Waals surface area (Å²) in [5, 5.41) is 8.25. The van der Waals surface area contributed by atoms with E-state index in [0.29, 0.717) is 30.1 Å². The Kier molecular flexibility index (Phi) is 6.69. The molecule has 8 heteroatoms. The maximum Gasteiger partial charge on any atom is 0.251 e. The molecule has 2 heterocycles. The molecule has 0 spiro atoms. The molecule has 0 aliphatic heterocycles. The SMILES string of the molecule is COc1cccc(C(=O)NCCNC(=O)Cc2csc(-c3cccnc3)n2)c1. The molecule has 2 N–H and O–H groups in total. The molecule has 2 amide bonds. The van der Waals surface area contributed by atoms with Crippen molar-refractivity contribution < 1.29 is 14.3 Å². The van der Waals surface area contributed by atoms with Crippen LogP contribution in [0.4, 0.5) is 0 Å². The number of rotatable bonds is 8. The van der Waals surface area contributed by atoms with Crippen molar-refractivity contribution in [3.8, 4) is 16.3 Å². The predicted molar refractivity (Wildman–Crippen MR) is 107 cm³/mol. The highest BCUT2D eigenvalue weighted by molar-refractivity contribution is 7.13. The van der Waals surface area contributed by atoms with Gasteiger partial charge in [-0.25, -0.2) is 4.98 Å². The fourth-order valence-electron chi connectivity index (χ4n) is 2.48. The maximum atomic E-state index is 12.1. The molecule has 0 aliphatic rings. The molecule has 0 saturated carbocycles. The van der Waals surface area contributed by atoms with E-state index in [1.165, 1.54) is 11.3 Å². The van der Waals surface area contributed by atoms with Gasteiger partial charge in [-0.15, -0.1) is 11.3 Å². The molecule has 0 aliphatic carbocycles. The van der Waals surface area contributed by atoms with Gasteiger partial charge in [0, 0.05) is 42.0 Å². The van der Waals surface area contributed by atoms with Gasteiger partial charge >= 0.3 is 0 Å². The first-order chi connectivity index (χ1) is 13.7. The van der Waals surface area contributed by atoms with Crippen molar-refractivity contribution in [3.05, 3.63) is 65.4 Å². The van der Waals surface area contributed by atoms with Crippen LogP contribution in [0.1, 0.15) is 16.1 Å². The number of aromatic nitrogens is 2. The van der Waals surface area contributed by atoms with Gasteiger partial charge in [0.05, 0.1) is 19.2 Å². The minimum Gasteiger partial charge on any atom is -0.497 e. The Labute approximate surface area is 166 Å². The third kappa shape index (κ3) is 5.37. The summed E-state index contributed by atoms with van der Waals surface area (Å²) in [4.78, 5) is 32.7. The fraction of sp³-hybridized carbons (Fsp3) is 0.200. The maximum absolute atomic E-state index is 12.1. The number of hydrogen-bond acceptors (Lipinski definition) is 6. The monoisotopic (exact) mass is 396 g/mol. The van der Waals surface area contributed by atoms with Gasteiger partial charge in [0.1, 0.15) is 10.8 Å². The van der Waals surface area contributed by atoms with Crippen LogP contribution in [0.2, 0.25) is 0 Å². The number of nitrogens with one attached hydrogen (secondary N) is 2. The fourth-order valence-corrected chi connectivity index (χ4v) is 3.29. The van der Waals surface area contributed by atoms with Crippen LogP contribution in [-0.4, -0.2) is 42.0 Å². The zero-order valence-corrected chi connectivity index (χ0v) is 16.2. The number of thiazole rings is 1. The number of carbonyl (C=O) groups excluding carboxylic acids is 2. The number of methoxy groups -OCH3 is 1. The molecule has 0 fully saturated rings. The molecule has 144 valence electrons. The summed E-state index contributed by atoms with van der Waals surface area (Å²) in [5.41, 5.74) is 2.15. The Hall–Kier alpha value is -3.26. The third-order valence-corrected chi connectivity index (χ3v) is 4.81. The van der Waals surface area contributed by atoms with E-state index in [9.17, 15) is 9.59 Å². The number of nitrogens with zero attached hydrogens (tertiary/aromatic N) is 2. The summed E-state index contributed by atoms with van der Waals surface area (Å²) in [5.74, 6) is 0.266. The molecule has 7 nitrogen and oxygen atoms in total. The Morgan fingerprint density at radius 2 is 2.00 bits per heavy atom. The van der Waals surface area contributed by atoms with Crippen molar-refractivity contribution in [2.75, 3.05) is 20.2 Å². The van der Waals surface area contributed by atoms with Gasteiger partial charge in [0.25, 0.3) is 5.91 Å². The molecule has 2 aromatic heterocycles. The van der Waals surface area contributed by atoms with E-state index >= 15 is 0 Å². The zero-order chi connectivity index (χ0) is 19.8. The molecular formula is C20H20N4O3S. The molecular weight excluding hydrogens is 376 g/mol. The van der Waals surface area contributed by atoms with Crippen LogP contribution in [0.5, 0.6) is 5.75 Å². The van der Waals surface area contributed by atoms with E-state index in [4.69, 9.17) is 4.74 Å². The van der Waals surface area contributed by atoms with Crippen molar-refractivity contribution in [2.24, 2.45) is 0 Å². The molecule has 0 radical (unpaired) electrons. The lowest BCUT2D eigenvalue weighted by molar-refractivity contribution is -0.120. The molecule has 3 aromatic rings. The van der Waals surface area contributed by atoms with Gasteiger partial charge < -0.3 is 15.4 Å². The average Bonchev–Trinajstić information content (AvgIpc) is 3.20. The second-order valence-electron chi connectivity index (χ2n) is 5.90. The van der Waals surface area contributed by atoms with Gasteiger partial charge in [-0.3, -0.25) is 14.6 Å². The summed E-state index contributed by atoms with van der Waals surface area (Å²) >= 11 is 1.48. The Balaban J connectivity index is 1.41. The highest BCUT2D eigenvalue weighted by Crippen LogP contribution is 2.22. The second kappa shape index (κ2) is 9.61. The lowest BCUT2D eigenvalue weighted by atomic mass is 10.2. The van der Waals surface area contributed by atoms with Crippen LogP contribution in [0, 0.1) is 0 Å². The number of pyridine rings is 1. The molecule has 0 atom stereocenters. The van der Waals surface area contributed by atoms with Crippen molar-refractivity contribution in [1.29, 1.82) is 0 Å². The van der Waals surface area contributed by atoms with Crippen molar-refractivity contribution in [2.45, 2.75) is 6.42 Å². The average molecular weight is 396 g/mol. The Morgan fingerprint density at radius 3 is 2.79 bits per heavy atom. The Morgan fingerprint density at radius 1 is 1.14 bits per heavy atom. The van der Waals surface area contributed by atoms with E-state index in [1.54, 1.807) is 43.8 Å². The van der Waals surface area contributed by atoms with Crippen LogP contribution >= 0.6 is 11.3 Å². The molecule has 0 unspecified atom stereocenters. The lowest BCUT2D eigenvalue weighted by Gasteiger charge is -2.07. The van der Waals surface area contributed by atoms with E-state index in [2.05, 4.69) is 20.6 Å². The van der Waals surface area contributed by atoms with E-state index < -0.39 is 0 Å². The first-order valence-corrected chi connectivity index (χ1v) is 9.57. The molecule has 0 saturated heterocycles. The van der Waals surface area contributed by atoms with Crippen LogP contribution in [0.25, 0.3) is 10.6 Å². The number of benzene rings is 1. The highest BCUT2D eigenvalue weighted by Gasteiger charge is 2.10. The molecule has 3 rings (SSSR count). The van der Waals surface area contributed by atoms with E-state index in [0.717, 1.165) is 10.6 Å². The summed E-state index contributed by atoms with van der Waals surface area (Å²) in [7, 11) is 1.55. The standard InChI is InChI=1S/C20H20N4O3S/c1-27-17-6-2-4-14(10-17)19(26)23-9-8-22-18(25)11-16-13-28-20(24-16)15-5-3-7-21-12-15/h2-7,10,12-13H,8-9,11H2,1H3,(H,22,25)(H,23,26). The minimum absolute atomic E-state index is 0.140. The van der Waals surface area contributed by atoms with Crippen molar-refractivity contribution in [1.82, 2.24) is 20.6 Å². The number of ether oxygens (including phenoxy) is 1. The summed E-state index contributed by atoms with van der Waals surface area (Å²) in [6.07, 6.45) is 3.65. The number of carbonyl (C=O) groups is 2. The highest BCUT2D eigenvalue weighted by atomic mass is 32.1. The smallest absolute Gasteiger partial charge is 0.251 e. The summed E-state index contributed by atoms with van der Waals surface area (Å²) in [6, 6.07) is 10.7. The topological polar surface area (TPSA) is 93.2 Å². The number of hydrogen-bond donors (Lipinski definition) is 2. The lowest BCUT2D eigenvalue weighted by Crippen LogP contribution is -2.35. The molecule has 1 aromatic carbocycles. The predicted octanol–water partition coefficient (Wildman–Crippen LogP) is 2.30. The quantitative estimate of drug-likeness (QED) is 0.570. The van der Waals surface area contributed by atoms with Gasteiger partial charge in [-0.05, 0) is 30.3 Å². The van der Waals surface area contributed by atoms with Gasteiger partial charge in [0.2, 0.25) is 5.91 Å². The van der Waals surface area contributed by atoms with E-state index in [-0.39, 0.29) is 18.2 Å². The summed E-state index contributed by atoms with van der Waals surface area (Å²) < 4.78 is 5.10.